The van der Waals surface area contributed by atoms with Crippen LogP contribution in [-0.2, 0) is 6.42 Å². The van der Waals surface area contributed by atoms with Gasteiger partial charge in [0.2, 0.25) is 0 Å². The van der Waals surface area contributed by atoms with Crippen molar-refractivity contribution >= 4 is 0 Å². The van der Waals surface area contributed by atoms with Crippen molar-refractivity contribution in [3.05, 3.63) is 47.5 Å². The lowest BCUT2D eigenvalue weighted by molar-refractivity contribution is 1.15. The third-order valence-electron chi connectivity index (χ3n) is 1.63. The van der Waals surface area contributed by atoms with Crippen molar-refractivity contribution in [1.29, 1.82) is 0 Å². The average Bonchev–Trinajstić information content (AvgIpc) is 2.27. The summed E-state index contributed by atoms with van der Waals surface area (Å²) in [7, 11) is 0. The monoisotopic (exact) mass is 206 g/mol. The lowest BCUT2D eigenvalue weighted by atomic mass is 10.1. The summed E-state index contributed by atoms with van der Waals surface area (Å²) >= 11 is 0. The number of benzene rings is 1. The van der Waals surface area contributed by atoms with E-state index >= 15 is 0 Å². The van der Waals surface area contributed by atoms with E-state index in [4.69, 9.17) is 0 Å². The summed E-state index contributed by atoms with van der Waals surface area (Å²) < 4.78 is 0. The van der Waals surface area contributed by atoms with Crippen LogP contribution in [0.2, 0.25) is 0 Å². The first-order chi connectivity index (χ1) is 7.18. The Kier molecular flexibility index (Phi) is 12.1. The molecule has 1 aromatic rings. The van der Waals surface area contributed by atoms with E-state index in [-0.39, 0.29) is 0 Å². The summed E-state index contributed by atoms with van der Waals surface area (Å²) in [5.74, 6) is 0. The topological polar surface area (TPSA) is 0 Å². The third kappa shape index (κ3) is 9.27. The first kappa shape index (κ1) is 16.4. The summed E-state index contributed by atoms with van der Waals surface area (Å²) in [5, 5.41) is 0. The largest absolute Gasteiger partial charge is 0.0998 e. The van der Waals surface area contributed by atoms with E-state index in [1.807, 2.05) is 27.7 Å². The van der Waals surface area contributed by atoms with E-state index < -0.39 is 0 Å². The molecule has 1 rings (SSSR count). The van der Waals surface area contributed by atoms with Gasteiger partial charge in [0.05, 0.1) is 0 Å². The van der Waals surface area contributed by atoms with Gasteiger partial charge in [0.1, 0.15) is 0 Å². The van der Waals surface area contributed by atoms with Gasteiger partial charge in [-0.2, -0.15) is 0 Å². The number of aryl methyl sites for hydroxylation is 1. The number of hydrogen-bond acceptors (Lipinski definition) is 0. The fraction of sp³-hybridized carbons (Fsp3) is 0.467. The molecule has 15 heavy (non-hydrogen) atoms. The van der Waals surface area contributed by atoms with Crippen LogP contribution in [0.5, 0.6) is 0 Å². The maximum atomic E-state index is 3.87. The van der Waals surface area contributed by atoms with Gasteiger partial charge in [0.25, 0.3) is 0 Å². The second-order valence-electron chi connectivity index (χ2n) is 3.12. The Morgan fingerprint density at radius 3 is 1.73 bits per heavy atom. The van der Waals surface area contributed by atoms with Gasteiger partial charge < -0.3 is 0 Å². The first-order valence-electron chi connectivity index (χ1n) is 5.88. The summed E-state index contributed by atoms with van der Waals surface area (Å²) in [4.78, 5) is 0. The van der Waals surface area contributed by atoms with Gasteiger partial charge >= 0.3 is 0 Å². The molecule has 86 valence electrons. The van der Waals surface area contributed by atoms with Crippen LogP contribution in [0, 0.1) is 6.92 Å². The van der Waals surface area contributed by atoms with Crippen LogP contribution < -0.4 is 0 Å². The maximum absolute atomic E-state index is 3.87. The van der Waals surface area contributed by atoms with Gasteiger partial charge in [-0.25, -0.2) is 0 Å². The highest BCUT2D eigenvalue weighted by atomic mass is 14.0. The van der Waals surface area contributed by atoms with Crippen LogP contribution in [0.3, 0.4) is 0 Å². The summed E-state index contributed by atoms with van der Waals surface area (Å²) in [6.07, 6.45) is 1.00. The van der Waals surface area contributed by atoms with Crippen LogP contribution in [0.25, 0.3) is 0 Å². The van der Waals surface area contributed by atoms with Crippen molar-refractivity contribution in [2.24, 2.45) is 0 Å². The molecular formula is C15H26. The fourth-order valence-electron chi connectivity index (χ4n) is 1.05. The van der Waals surface area contributed by atoms with Crippen molar-refractivity contribution in [2.45, 2.75) is 48.0 Å². The Morgan fingerprint density at radius 1 is 1.00 bits per heavy atom. The Hall–Kier alpha value is -1.04. The normalized spacial score (nSPS) is 7.87. The summed E-state index contributed by atoms with van der Waals surface area (Å²) in [6.45, 7) is 16.0. The quantitative estimate of drug-likeness (QED) is 0.586. The van der Waals surface area contributed by atoms with Gasteiger partial charge in [-0.05, 0) is 25.8 Å². The first-order valence-corrected chi connectivity index (χ1v) is 5.88. The van der Waals surface area contributed by atoms with Crippen molar-refractivity contribution in [3.63, 3.8) is 0 Å². The predicted molar refractivity (Wildman–Crippen MR) is 72.4 cm³/mol. The summed E-state index contributed by atoms with van der Waals surface area (Å²) in [5.41, 5.74) is 3.88. The molecule has 0 aliphatic heterocycles. The third-order valence-corrected chi connectivity index (χ3v) is 1.63. The molecule has 0 fully saturated rings. The molecule has 0 aliphatic rings. The van der Waals surface area contributed by atoms with Crippen LogP contribution >= 0.6 is 0 Å². The molecular weight excluding hydrogens is 180 g/mol. The zero-order valence-corrected chi connectivity index (χ0v) is 11.2. The highest BCUT2D eigenvalue weighted by molar-refractivity contribution is 5.24. The summed E-state index contributed by atoms with van der Waals surface area (Å²) in [6, 6.07) is 8.59. The average molecular weight is 206 g/mol. The Morgan fingerprint density at radius 2 is 1.40 bits per heavy atom. The molecule has 0 heteroatoms. The van der Waals surface area contributed by atoms with Crippen molar-refractivity contribution in [2.75, 3.05) is 0 Å². The Bertz CT molecular complexity index is 241. The van der Waals surface area contributed by atoms with Crippen molar-refractivity contribution < 1.29 is 0 Å². The smallest absolute Gasteiger partial charge is 0.00726 e. The highest BCUT2D eigenvalue weighted by Gasteiger charge is 1.91. The molecule has 0 aliphatic carbocycles. The minimum absolute atomic E-state index is 1.00. The molecule has 0 spiro atoms. The van der Waals surface area contributed by atoms with Crippen LogP contribution in [0.15, 0.2) is 36.4 Å². The van der Waals surface area contributed by atoms with Gasteiger partial charge in [-0.1, -0.05) is 69.7 Å². The van der Waals surface area contributed by atoms with E-state index in [2.05, 4.69) is 44.7 Å². The standard InChI is InChI=1S/C11H14.2C2H6/c1-9(2)8-11-6-4-10(3)5-7-11;2*1-2/h4-7H,1,8H2,2-3H3;2*1-2H3. The molecule has 0 heterocycles. The molecule has 0 amide bonds. The SMILES string of the molecule is C=C(C)Cc1ccc(C)cc1.CC.CC. The lowest BCUT2D eigenvalue weighted by Crippen LogP contribution is -1.84. The van der Waals surface area contributed by atoms with E-state index in [1.165, 1.54) is 16.7 Å². The van der Waals surface area contributed by atoms with Crippen LogP contribution in [0.1, 0.15) is 45.7 Å². The zero-order valence-electron chi connectivity index (χ0n) is 11.2. The molecule has 0 saturated carbocycles. The molecule has 0 nitrogen and oxygen atoms in total. The van der Waals surface area contributed by atoms with Gasteiger partial charge in [-0.3, -0.25) is 0 Å². The van der Waals surface area contributed by atoms with E-state index in [9.17, 15) is 0 Å². The zero-order chi connectivity index (χ0) is 12.3. The second kappa shape index (κ2) is 11.0. The van der Waals surface area contributed by atoms with Gasteiger partial charge in [0.15, 0.2) is 0 Å². The molecule has 0 radical (unpaired) electrons. The highest BCUT2D eigenvalue weighted by Crippen LogP contribution is 2.07. The van der Waals surface area contributed by atoms with Crippen molar-refractivity contribution in [3.8, 4) is 0 Å². The molecule has 0 atom stereocenters. The molecule has 0 N–H and O–H groups in total. The Labute approximate surface area is 96.0 Å². The lowest BCUT2D eigenvalue weighted by Gasteiger charge is -1.99. The second-order valence-corrected chi connectivity index (χ2v) is 3.12. The van der Waals surface area contributed by atoms with E-state index in [0.29, 0.717) is 0 Å². The minimum atomic E-state index is 1.00. The molecule has 0 saturated heterocycles. The van der Waals surface area contributed by atoms with Crippen LogP contribution in [0.4, 0.5) is 0 Å². The molecule has 0 unspecified atom stereocenters. The number of rotatable bonds is 2. The molecule has 1 aromatic carbocycles. The molecule has 0 aromatic heterocycles. The maximum Gasteiger partial charge on any atom is -0.00726 e. The number of allylic oxidation sites excluding steroid dienone is 1. The van der Waals surface area contributed by atoms with E-state index in [0.717, 1.165) is 6.42 Å². The number of hydrogen-bond donors (Lipinski definition) is 0. The van der Waals surface area contributed by atoms with E-state index in [1.54, 1.807) is 0 Å². The fourth-order valence-corrected chi connectivity index (χ4v) is 1.05. The van der Waals surface area contributed by atoms with Crippen LogP contribution in [-0.4, -0.2) is 0 Å². The van der Waals surface area contributed by atoms with Gasteiger partial charge in [-0.15, -0.1) is 0 Å². The van der Waals surface area contributed by atoms with Crippen molar-refractivity contribution in [1.82, 2.24) is 0 Å². The predicted octanol–water partition coefficient (Wildman–Crippen LogP) is 5.17. The minimum Gasteiger partial charge on any atom is -0.0998 e. The molecule has 0 bridgehead atoms. The van der Waals surface area contributed by atoms with Gasteiger partial charge in [0, 0.05) is 0 Å². The Balaban J connectivity index is 0.